The monoisotopic (exact) mass is 441 g/mol. The summed E-state index contributed by atoms with van der Waals surface area (Å²) in [5.74, 6) is 0. The van der Waals surface area contributed by atoms with Crippen molar-refractivity contribution in [3.8, 4) is 22.3 Å². The number of anilines is 2. The van der Waals surface area contributed by atoms with Gasteiger partial charge in [-0.25, -0.2) is 0 Å². The second kappa shape index (κ2) is 6.84. The van der Waals surface area contributed by atoms with Crippen molar-refractivity contribution < 1.29 is 0 Å². The Hall–Kier alpha value is -3.81. The number of halogens is 1. The minimum atomic E-state index is -0.371. The van der Waals surface area contributed by atoms with Gasteiger partial charge in [0.15, 0.2) is 0 Å². The van der Waals surface area contributed by atoms with Crippen LogP contribution < -0.4 is 5.32 Å². The molecule has 33 heavy (non-hydrogen) atoms. The molecule has 1 nitrogen and oxygen atoms in total. The highest BCUT2D eigenvalue weighted by Gasteiger charge is 2.52. The summed E-state index contributed by atoms with van der Waals surface area (Å²) in [6, 6.07) is 41.1. The number of hydrogen-bond donors (Lipinski definition) is 1. The van der Waals surface area contributed by atoms with Crippen LogP contribution in [-0.4, -0.2) is 0 Å². The van der Waals surface area contributed by atoms with Crippen LogP contribution in [0.3, 0.4) is 0 Å². The van der Waals surface area contributed by atoms with Crippen molar-refractivity contribution in [1.29, 1.82) is 0 Å². The van der Waals surface area contributed by atoms with Gasteiger partial charge in [0.05, 0.1) is 16.1 Å². The Kier molecular flexibility index (Phi) is 3.88. The van der Waals surface area contributed by atoms with Gasteiger partial charge in [-0.2, -0.15) is 0 Å². The van der Waals surface area contributed by atoms with E-state index in [-0.39, 0.29) is 5.41 Å². The third-order valence-electron chi connectivity index (χ3n) is 7.16. The molecule has 0 heterocycles. The van der Waals surface area contributed by atoms with Crippen molar-refractivity contribution in [2.45, 2.75) is 5.41 Å². The highest BCUT2D eigenvalue weighted by Crippen LogP contribution is 2.64. The predicted molar refractivity (Wildman–Crippen MR) is 137 cm³/mol. The molecule has 0 fully saturated rings. The Bertz CT molecular complexity index is 1500. The van der Waals surface area contributed by atoms with Gasteiger partial charge in [-0.05, 0) is 57.1 Å². The molecule has 5 aromatic rings. The van der Waals surface area contributed by atoms with Crippen molar-refractivity contribution in [3.05, 3.63) is 143 Å². The zero-order valence-corrected chi connectivity index (χ0v) is 18.6. The number of nitrogens with one attached hydrogen (secondary N) is 1. The molecule has 0 saturated heterocycles. The molecule has 0 bridgehead atoms. The summed E-state index contributed by atoms with van der Waals surface area (Å²) in [5, 5.41) is 4.40. The third-order valence-corrected chi connectivity index (χ3v) is 7.49. The molecule has 1 spiro atoms. The highest BCUT2D eigenvalue weighted by molar-refractivity contribution is 6.33. The summed E-state index contributed by atoms with van der Waals surface area (Å²) >= 11 is 6.57. The van der Waals surface area contributed by atoms with Gasteiger partial charge in [0, 0.05) is 11.3 Å². The van der Waals surface area contributed by atoms with Crippen molar-refractivity contribution >= 4 is 23.0 Å². The van der Waals surface area contributed by atoms with E-state index in [0.29, 0.717) is 5.02 Å². The first-order valence-corrected chi connectivity index (χ1v) is 11.6. The van der Waals surface area contributed by atoms with Gasteiger partial charge in [-0.3, -0.25) is 0 Å². The maximum absolute atomic E-state index is 6.57. The van der Waals surface area contributed by atoms with Gasteiger partial charge in [-0.1, -0.05) is 109 Å². The molecule has 0 saturated carbocycles. The summed E-state index contributed by atoms with van der Waals surface area (Å²) in [6.45, 7) is 0. The Morgan fingerprint density at radius 1 is 0.455 bits per heavy atom. The Labute approximate surface area is 198 Å². The molecule has 0 radical (unpaired) electrons. The first-order chi connectivity index (χ1) is 16.3. The summed E-state index contributed by atoms with van der Waals surface area (Å²) in [5.41, 5.74) is 12.1. The Morgan fingerprint density at radius 3 is 1.52 bits per heavy atom. The molecule has 5 aromatic carbocycles. The van der Waals surface area contributed by atoms with E-state index < -0.39 is 0 Å². The van der Waals surface area contributed by atoms with Gasteiger partial charge in [0.2, 0.25) is 0 Å². The fourth-order valence-electron chi connectivity index (χ4n) is 5.97. The minimum Gasteiger partial charge on any atom is -0.354 e. The molecule has 2 aliphatic carbocycles. The predicted octanol–water partition coefficient (Wildman–Crippen LogP) is 8.43. The average Bonchev–Trinajstić information content (AvgIpc) is 3.34. The Balaban J connectivity index is 1.62. The molecule has 2 heteroatoms. The standard InChI is InChI=1S/C31H20ClN/c32-27-17-7-8-18-28(27)33-29-19-9-13-23-22-12-3-6-16-26(22)31(30(23)29)24-14-4-1-10-20(24)21-11-2-5-15-25(21)31/h1-19,33H. The van der Waals surface area contributed by atoms with E-state index in [4.69, 9.17) is 11.6 Å². The van der Waals surface area contributed by atoms with Crippen LogP contribution in [0.4, 0.5) is 11.4 Å². The van der Waals surface area contributed by atoms with Crippen LogP contribution in [0.2, 0.25) is 5.02 Å². The second-order valence-electron chi connectivity index (χ2n) is 8.72. The first kappa shape index (κ1) is 18.7. The molecule has 7 rings (SSSR count). The Morgan fingerprint density at radius 2 is 0.909 bits per heavy atom. The van der Waals surface area contributed by atoms with Crippen LogP contribution in [0, 0.1) is 0 Å². The molecule has 0 atom stereocenters. The third kappa shape index (κ3) is 2.38. The van der Waals surface area contributed by atoms with Gasteiger partial charge in [0.1, 0.15) is 0 Å². The van der Waals surface area contributed by atoms with Crippen molar-refractivity contribution in [1.82, 2.24) is 0 Å². The minimum absolute atomic E-state index is 0.371. The quantitative estimate of drug-likeness (QED) is 0.284. The lowest BCUT2D eigenvalue weighted by Crippen LogP contribution is -2.26. The maximum atomic E-state index is 6.57. The van der Waals surface area contributed by atoms with Crippen LogP contribution in [0.1, 0.15) is 22.3 Å². The topological polar surface area (TPSA) is 12.0 Å². The lowest BCUT2D eigenvalue weighted by atomic mass is 9.70. The molecule has 156 valence electrons. The van der Waals surface area contributed by atoms with Gasteiger partial charge < -0.3 is 5.32 Å². The lowest BCUT2D eigenvalue weighted by molar-refractivity contribution is 0.796. The van der Waals surface area contributed by atoms with Gasteiger partial charge in [0.25, 0.3) is 0 Å². The zero-order chi connectivity index (χ0) is 22.0. The van der Waals surface area contributed by atoms with Crippen molar-refractivity contribution in [2.24, 2.45) is 0 Å². The largest absolute Gasteiger partial charge is 0.354 e. The van der Waals surface area contributed by atoms with E-state index in [1.54, 1.807) is 0 Å². The molecule has 0 aromatic heterocycles. The van der Waals surface area contributed by atoms with E-state index in [1.165, 1.54) is 44.5 Å². The second-order valence-corrected chi connectivity index (χ2v) is 9.13. The van der Waals surface area contributed by atoms with E-state index in [9.17, 15) is 0 Å². The van der Waals surface area contributed by atoms with E-state index in [1.807, 2.05) is 24.3 Å². The van der Waals surface area contributed by atoms with E-state index in [2.05, 4.69) is 96.3 Å². The fraction of sp³-hybridized carbons (Fsp3) is 0.0323. The summed E-state index contributed by atoms with van der Waals surface area (Å²) in [6.07, 6.45) is 0. The number of para-hydroxylation sites is 1. The van der Waals surface area contributed by atoms with Crippen LogP contribution in [0.25, 0.3) is 22.3 Å². The van der Waals surface area contributed by atoms with E-state index in [0.717, 1.165) is 11.4 Å². The molecule has 2 aliphatic rings. The summed E-state index contributed by atoms with van der Waals surface area (Å²) in [4.78, 5) is 0. The molecule has 0 aliphatic heterocycles. The molecule has 0 amide bonds. The summed E-state index contributed by atoms with van der Waals surface area (Å²) in [7, 11) is 0. The van der Waals surface area contributed by atoms with Gasteiger partial charge in [-0.15, -0.1) is 0 Å². The first-order valence-electron chi connectivity index (χ1n) is 11.2. The highest BCUT2D eigenvalue weighted by atomic mass is 35.5. The van der Waals surface area contributed by atoms with Gasteiger partial charge >= 0.3 is 0 Å². The van der Waals surface area contributed by atoms with E-state index >= 15 is 0 Å². The summed E-state index contributed by atoms with van der Waals surface area (Å²) < 4.78 is 0. The van der Waals surface area contributed by atoms with Crippen molar-refractivity contribution in [3.63, 3.8) is 0 Å². The molecular formula is C31H20ClN. The zero-order valence-electron chi connectivity index (χ0n) is 17.8. The van der Waals surface area contributed by atoms with Crippen molar-refractivity contribution in [2.75, 3.05) is 5.32 Å². The lowest BCUT2D eigenvalue weighted by Gasteiger charge is -2.32. The number of benzene rings is 5. The van der Waals surface area contributed by atoms with Crippen LogP contribution in [-0.2, 0) is 5.41 Å². The maximum Gasteiger partial charge on any atom is 0.0745 e. The molecule has 1 N–H and O–H groups in total. The van der Waals surface area contributed by atoms with Crippen LogP contribution >= 0.6 is 11.6 Å². The fourth-order valence-corrected chi connectivity index (χ4v) is 6.15. The van der Waals surface area contributed by atoms with Crippen LogP contribution in [0.15, 0.2) is 115 Å². The molecular weight excluding hydrogens is 422 g/mol. The van der Waals surface area contributed by atoms with Crippen LogP contribution in [0.5, 0.6) is 0 Å². The number of fused-ring (bicyclic) bond motifs is 10. The number of hydrogen-bond acceptors (Lipinski definition) is 1. The number of rotatable bonds is 2. The SMILES string of the molecule is Clc1ccccc1Nc1cccc2c1C1(c3ccccc3-c3ccccc31)c1ccccc1-2. The molecule has 0 unspecified atom stereocenters. The normalized spacial score (nSPS) is 13.8. The smallest absolute Gasteiger partial charge is 0.0745 e. The average molecular weight is 442 g/mol.